The quantitative estimate of drug-likeness (QED) is 0.653. The summed E-state index contributed by atoms with van der Waals surface area (Å²) in [6.45, 7) is 0.263. The number of halogens is 1. The van der Waals surface area contributed by atoms with Crippen LogP contribution in [0.2, 0.25) is 0 Å². The Kier molecular flexibility index (Phi) is 2.88. The van der Waals surface area contributed by atoms with Crippen LogP contribution in [0.15, 0.2) is 60.8 Å². The molecule has 3 rings (SSSR count). The lowest BCUT2D eigenvalue weighted by Crippen LogP contribution is -2.09. The highest BCUT2D eigenvalue weighted by atomic mass is 19.1. The summed E-state index contributed by atoms with van der Waals surface area (Å²) in [4.78, 5) is 12.1. The van der Waals surface area contributed by atoms with Crippen molar-refractivity contribution in [2.24, 2.45) is 0 Å². The van der Waals surface area contributed by atoms with Gasteiger partial charge in [0.15, 0.2) is 5.78 Å². The van der Waals surface area contributed by atoms with E-state index in [4.69, 9.17) is 0 Å². The zero-order valence-corrected chi connectivity index (χ0v) is 10.2. The second kappa shape index (κ2) is 4.69. The maximum absolute atomic E-state index is 12.8. The van der Waals surface area contributed by atoms with E-state index in [1.807, 2.05) is 41.1 Å². The summed E-state index contributed by atoms with van der Waals surface area (Å²) >= 11 is 0. The van der Waals surface area contributed by atoms with E-state index in [1.165, 1.54) is 24.3 Å². The van der Waals surface area contributed by atoms with Crippen LogP contribution >= 0.6 is 0 Å². The second-order valence-electron chi connectivity index (χ2n) is 4.43. The molecule has 2 aromatic carbocycles. The van der Waals surface area contributed by atoms with Gasteiger partial charge >= 0.3 is 0 Å². The first-order valence-electron chi connectivity index (χ1n) is 6.07. The number of carbonyl (C=O) groups excluding carboxylic acids is 1. The predicted molar refractivity (Wildman–Crippen MR) is 72.7 cm³/mol. The summed E-state index contributed by atoms with van der Waals surface area (Å²) in [6, 6.07) is 15.5. The molecule has 0 aliphatic heterocycles. The lowest BCUT2D eigenvalue weighted by molar-refractivity contribution is 0.0973. The monoisotopic (exact) mass is 253 g/mol. The van der Waals surface area contributed by atoms with E-state index in [1.54, 1.807) is 0 Å². The third-order valence-corrected chi connectivity index (χ3v) is 3.16. The van der Waals surface area contributed by atoms with Crippen LogP contribution in [0.4, 0.5) is 4.39 Å². The molecule has 0 saturated heterocycles. The molecule has 0 fully saturated rings. The number of fused-ring (bicyclic) bond motifs is 1. The number of nitrogens with zero attached hydrogens (tertiary/aromatic N) is 1. The van der Waals surface area contributed by atoms with E-state index in [2.05, 4.69) is 0 Å². The van der Waals surface area contributed by atoms with Crippen molar-refractivity contribution in [3.8, 4) is 0 Å². The number of ketones is 1. The van der Waals surface area contributed by atoms with Crippen molar-refractivity contribution in [1.29, 1.82) is 0 Å². The minimum atomic E-state index is -0.331. The Morgan fingerprint density at radius 2 is 1.74 bits per heavy atom. The van der Waals surface area contributed by atoms with Gasteiger partial charge in [-0.2, -0.15) is 0 Å². The minimum Gasteiger partial charge on any atom is -0.340 e. The van der Waals surface area contributed by atoms with Crippen LogP contribution in [0.25, 0.3) is 10.9 Å². The first-order valence-corrected chi connectivity index (χ1v) is 6.07. The van der Waals surface area contributed by atoms with Crippen LogP contribution in [0, 0.1) is 5.82 Å². The summed E-state index contributed by atoms with van der Waals surface area (Å²) in [6.07, 6.45) is 1.89. The molecule has 0 aliphatic carbocycles. The Morgan fingerprint density at radius 1 is 1.00 bits per heavy atom. The lowest BCUT2D eigenvalue weighted by atomic mass is 10.1. The van der Waals surface area contributed by atoms with Gasteiger partial charge in [-0.25, -0.2) is 4.39 Å². The van der Waals surface area contributed by atoms with Gasteiger partial charge in [0.05, 0.1) is 6.54 Å². The fourth-order valence-corrected chi connectivity index (χ4v) is 2.16. The van der Waals surface area contributed by atoms with Gasteiger partial charge in [0.25, 0.3) is 0 Å². The Labute approximate surface area is 110 Å². The van der Waals surface area contributed by atoms with E-state index < -0.39 is 0 Å². The van der Waals surface area contributed by atoms with Crippen LogP contribution in [0.1, 0.15) is 10.4 Å². The van der Waals surface area contributed by atoms with E-state index in [0.717, 1.165) is 10.9 Å². The van der Waals surface area contributed by atoms with E-state index >= 15 is 0 Å². The summed E-state index contributed by atoms with van der Waals surface area (Å²) in [5, 5.41) is 1.11. The molecule has 1 aromatic heterocycles. The smallest absolute Gasteiger partial charge is 0.182 e. The number of rotatable bonds is 3. The molecule has 94 valence electrons. The minimum absolute atomic E-state index is 0.0265. The number of carbonyl (C=O) groups is 1. The lowest BCUT2D eigenvalue weighted by Gasteiger charge is -2.05. The predicted octanol–water partition coefficient (Wildman–Crippen LogP) is 3.66. The fourth-order valence-electron chi connectivity index (χ4n) is 2.16. The Hall–Kier alpha value is -2.42. The van der Waals surface area contributed by atoms with Crippen LogP contribution < -0.4 is 0 Å². The maximum Gasteiger partial charge on any atom is 0.182 e. The highest BCUT2D eigenvalue weighted by Gasteiger charge is 2.08. The number of hydrogen-bond acceptors (Lipinski definition) is 1. The molecule has 3 aromatic rings. The number of para-hydroxylation sites is 1. The first kappa shape index (κ1) is 11.7. The molecular formula is C16H12FNO. The summed E-state index contributed by atoms with van der Waals surface area (Å²) in [5.74, 6) is -0.357. The molecule has 0 radical (unpaired) electrons. The van der Waals surface area contributed by atoms with Crippen molar-refractivity contribution in [2.75, 3.05) is 0 Å². The van der Waals surface area contributed by atoms with Crippen molar-refractivity contribution in [3.63, 3.8) is 0 Å². The third-order valence-electron chi connectivity index (χ3n) is 3.16. The molecule has 0 amide bonds. The van der Waals surface area contributed by atoms with Gasteiger partial charge in [0.1, 0.15) is 5.82 Å². The molecule has 1 heterocycles. The largest absolute Gasteiger partial charge is 0.340 e. The normalized spacial score (nSPS) is 10.8. The zero-order chi connectivity index (χ0) is 13.2. The maximum atomic E-state index is 12.8. The molecule has 0 spiro atoms. The standard InChI is InChI=1S/C16H12FNO/c17-14-7-5-13(6-8-14)16(19)11-18-10-9-12-3-1-2-4-15(12)18/h1-10H,11H2. The van der Waals surface area contributed by atoms with Gasteiger partial charge < -0.3 is 4.57 Å². The molecule has 0 saturated carbocycles. The number of hydrogen-bond donors (Lipinski definition) is 0. The van der Waals surface area contributed by atoms with Crippen molar-refractivity contribution in [3.05, 3.63) is 72.2 Å². The molecule has 0 bridgehead atoms. The molecule has 3 heteroatoms. The summed E-state index contributed by atoms with van der Waals surface area (Å²) in [5.41, 5.74) is 1.55. The van der Waals surface area contributed by atoms with E-state index in [-0.39, 0.29) is 18.1 Å². The van der Waals surface area contributed by atoms with E-state index in [0.29, 0.717) is 5.56 Å². The first-order chi connectivity index (χ1) is 9.24. The molecular weight excluding hydrogens is 241 g/mol. The molecule has 19 heavy (non-hydrogen) atoms. The Bertz CT molecular complexity index is 728. The van der Waals surface area contributed by atoms with Crippen molar-refractivity contribution < 1.29 is 9.18 Å². The van der Waals surface area contributed by atoms with Gasteiger partial charge in [-0.3, -0.25) is 4.79 Å². The van der Waals surface area contributed by atoms with Gasteiger partial charge in [-0.15, -0.1) is 0 Å². The van der Waals surface area contributed by atoms with Gasteiger partial charge in [0.2, 0.25) is 0 Å². The van der Waals surface area contributed by atoms with Crippen molar-refractivity contribution >= 4 is 16.7 Å². The van der Waals surface area contributed by atoms with E-state index in [9.17, 15) is 9.18 Å². The highest BCUT2D eigenvalue weighted by molar-refractivity contribution is 5.96. The highest BCUT2D eigenvalue weighted by Crippen LogP contribution is 2.16. The molecule has 0 aliphatic rings. The number of Topliss-reactive ketones (excluding diaryl/α,β-unsaturated/α-hetero) is 1. The number of benzene rings is 2. The Morgan fingerprint density at radius 3 is 2.53 bits per heavy atom. The van der Waals surface area contributed by atoms with Crippen LogP contribution in [-0.4, -0.2) is 10.4 Å². The van der Waals surface area contributed by atoms with Crippen molar-refractivity contribution in [1.82, 2.24) is 4.57 Å². The molecule has 0 atom stereocenters. The van der Waals surface area contributed by atoms with Crippen LogP contribution in [-0.2, 0) is 6.54 Å². The second-order valence-corrected chi connectivity index (χ2v) is 4.43. The zero-order valence-electron chi connectivity index (χ0n) is 10.2. The average Bonchev–Trinajstić information content (AvgIpc) is 2.83. The summed E-state index contributed by atoms with van der Waals surface area (Å²) < 4.78 is 14.7. The Balaban J connectivity index is 1.89. The van der Waals surface area contributed by atoms with Crippen LogP contribution in [0.3, 0.4) is 0 Å². The van der Waals surface area contributed by atoms with Gasteiger partial charge in [-0.05, 0) is 41.8 Å². The number of aromatic nitrogens is 1. The molecule has 0 unspecified atom stereocenters. The van der Waals surface area contributed by atoms with Crippen LogP contribution in [0.5, 0.6) is 0 Å². The topological polar surface area (TPSA) is 22.0 Å². The SMILES string of the molecule is O=C(Cn1ccc2ccccc21)c1ccc(F)cc1. The van der Waals surface area contributed by atoms with Crippen molar-refractivity contribution in [2.45, 2.75) is 6.54 Å². The third kappa shape index (κ3) is 2.27. The fraction of sp³-hybridized carbons (Fsp3) is 0.0625. The van der Waals surface area contributed by atoms with Gasteiger partial charge in [-0.1, -0.05) is 18.2 Å². The summed E-state index contributed by atoms with van der Waals surface area (Å²) in [7, 11) is 0. The average molecular weight is 253 g/mol. The molecule has 0 N–H and O–H groups in total. The molecule has 2 nitrogen and oxygen atoms in total. The van der Waals surface area contributed by atoms with Gasteiger partial charge in [0, 0.05) is 17.3 Å².